The first-order chi connectivity index (χ1) is 16.8. The van der Waals surface area contributed by atoms with Crippen molar-refractivity contribution in [3.05, 3.63) is 101 Å². The zero-order valence-electron chi connectivity index (χ0n) is 19.1. The molecule has 0 radical (unpaired) electrons. The lowest BCUT2D eigenvalue weighted by Crippen LogP contribution is -2.42. The Morgan fingerprint density at radius 3 is 2.37 bits per heavy atom. The minimum absolute atomic E-state index is 0.103. The fourth-order valence-electron chi connectivity index (χ4n) is 4.29. The highest BCUT2D eigenvalue weighted by Gasteiger charge is 2.29. The van der Waals surface area contributed by atoms with Gasteiger partial charge in [-0.05, 0) is 41.7 Å². The van der Waals surface area contributed by atoms with Crippen LogP contribution in [0.3, 0.4) is 0 Å². The standard InChI is InChI=1S/C27H26F3N3O2/c28-22-15-24(30)23(29)13-20(22)12-21(31)14-26(34)32-16-19-8-4-5-9-25(19)33(27(35)17-32)11-10-18-6-2-1-3-7-18/h1-9,13,15,21H,10-12,14,16-17,31H2/t21-/m1/s1. The van der Waals surface area contributed by atoms with Gasteiger partial charge >= 0.3 is 0 Å². The number of amides is 2. The van der Waals surface area contributed by atoms with Crippen LogP contribution in [0.5, 0.6) is 0 Å². The first-order valence-electron chi connectivity index (χ1n) is 11.4. The van der Waals surface area contributed by atoms with Crippen LogP contribution in [0.15, 0.2) is 66.7 Å². The number of anilines is 1. The molecule has 1 atom stereocenters. The van der Waals surface area contributed by atoms with E-state index in [2.05, 4.69) is 0 Å². The highest BCUT2D eigenvalue weighted by Crippen LogP contribution is 2.26. The number of benzene rings is 3. The van der Waals surface area contributed by atoms with Gasteiger partial charge in [-0.15, -0.1) is 0 Å². The summed E-state index contributed by atoms with van der Waals surface area (Å²) in [6, 6.07) is 17.7. The van der Waals surface area contributed by atoms with Crippen molar-refractivity contribution in [1.82, 2.24) is 4.90 Å². The second kappa shape index (κ2) is 10.7. The largest absolute Gasteiger partial charge is 0.329 e. The Kier molecular flexibility index (Phi) is 7.51. The number of carbonyl (C=O) groups is 2. The first-order valence-corrected chi connectivity index (χ1v) is 11.4. The molecule has 0 saturated carbocycles. The molecule has 3 aromatic rings. The molecule has 0 bridgehead atoms. The summed E-state index contributed by atoms with van der Waals surface area (Å²) in [6.45, 7) is 0.584. The molecule has 2 N–H and O–H groups in total. The van der Waals surface area contributed by atoms with Crippen LogP contribution in [-0.2, 0) is 29.0 Å². The van der Waals surface area contributed by atoms with Gasteiger partial charge in [0.05, 0.1) is 0 Å². The maximum absolute atomic E-state index is 14.0. The molecule has 0 spiro atoms. The SMILES string of the molecule is N[C@@H](CC(=O)N1CC(=O)N(CCc2ccccc2)c2ccccc2C1)Cc1cc(F)c(F)cc1F. The molecule has 0 aromatic heterocycles. The molecular formula is C27H26F3N3O2. The van der Waals surface area contributed by atoms with Crippen molar-refractivity contribution in [1.29, 1.82) is 0 Å². The molecule has 1 aliphatic heterocycles. The lowest BCUT2D eigenvalue weighted by molar-refractivity contribution is -0.135. The van der Waals surface area contributed by atoms with Gasteiger partial charge in [0.2, 0.25) is 11.8 Å². The maximum Gasteiger partial charge on any atom is 0.246 e. The number of hydrogen-bond acceptors (Lipinski definition) is 3. The third-order valence-electron chi connectivity index (χ3n) is 6.10. The minimum Gasteiger partial charge on any atom is -0.329 e. The van der Waals surface area contributed by atoms with E-state index in [1.807, 2.05) is 54.6 Å². The van der Waals surface area contributed by atoms with E-state index in [9.17, 15) is 22.8 Å². The van der Waals surface area contributed by atoms with Crippen molar-refractivity contribution < 1.29 is 22.8 Å². The number of hydrogen-bond donors (Lipinski definition) is 1. The van der Waals surface area contributed by atoms with Crippen molar-refractivity contribution in [2.75, 3.05) is 18.0 Å². The number of fused-ring (bicyclic) bond motifs is 1. The van der Waals surface area contributed by atoms with E-state index < -0.39 is 23.5 Å². The third kappa shape index (κ3) is 5.89. The molecule has 0 aliphatic carbocycles. The average molecular weight is 482 g/mol. The number of nitrogens with two attached hydrogens (primary N) is 1. The van der Waals surface area contributed by atoms with Crippen LogP contribution in [0.4, 0.5) is 18.9 Å². The van der Waals surface area contributed by atoms with E-state index in [0.29, 0.717) is 19.0 Å². The fourth-order valence-corrected chi connectivity index (χ4v) is 4.29. The first kappa shape index (κ1) is 24.5. The Hall–Kier alpha value is -3.65. The van der Waals surface area contributed by atoms with Crippen LogP contribution >= 0.6 is 0 Å². The summed E-state index contributed by atoms with van der Waals surface area (Å²) in [4.78, 5) is 29.4. The van der Waals surface area contributed by atoms with Gasteiger partial charge in [0, 0.05) is 37.3 Å². The Morgan fingerprint density at radius 2 is 1.60 bits per heavy atom. The van der Waals surface area contributed by atoms with E-state index in [-0.39, 0.29) is 43.3 Å². The van der Waals surface area contributed by atoms with E-state index in [1.165, 1.54) is 4.90 Å². The Labute approximate surface area is 202 Å². The van der Waals surface area contributed by atoms with Crippen molar-refractivity contribution >= 4 is 17.5 Å². The van der Waals surface area contributed by atoms with Gasteiger partial charge in [0.25, 0.3) is 0 Å². The fraction of sp³-hybridized carbons (Fsp3) is 0.259. The minimum atomic E-state index is -1.28. The molecule has 182 valence electrons. The quantitative estimate of drug-likeness (QED) is 0.519. The van der Waals surface area contributed by atoms with Gasteiger partial charge in [-0.25, -0.2) is 13.2 Å². The maximum atomic E-state index is 14.0. The normalized spacial score (nSPS) is 14.5. The molecule has 0 fully saturated rings. The van der Waals surface area contributed by atoms with Gasteiger partial charge in [-0.1, -0.05) is 48.5 Å². The van der Waals surface area contributed by atoms with Gasteiger partial charge in [0.15, 0.2) is 11.6 Å². The monoisotopic (exact) mass is 481 g/mol. The topological polar surface area (TPSA) is 66.6 Å². The second-order valence-corrected chi connectivity index (χ2v) is 8.69. The van der Waals surface area contributed by atoms with Crippen LogP contribution in [0.2, 0.25) is 0 Å². The van der Waals surface area contributed by atoms with Crippen LogP contribution in [0.1, 0.15) is 23.1 Å². The van der Waals surface area contributed by atoms with E-state index in [4.69, 9.17) is 5.73 Å². The summed E-state index contributed by atoms with van der Waals surface area (Å²) in [5.74, 6) is -3.95. The Balaban J connectivity index is 1.46. The smallest absolute Gasteiger partial charge is 0.246 e. The molecular weight excluding hydrogens is 455 g/mol. The van der Waals surface area contributed by atoms with Crippen molar-refractivity contribution in [3.63, 3.8) is 0 Å². The van der Waals surface area contributed by atoms with E-state index in [1.54, 1.807) is 4.90 Å². The predicted molar refractivity (Wildman–Crippen MR) is 127 cm³/mol. The van der Waals surface area contributed by atoms with E-state index in [0.717, 1.165) is 22.9 Å². The number of carbonyl (C=O) groups excluding carboxylic acids is 2. The zero-order chi connectivity index (χ0) is 24.9. The average Bonchev–Trinajstić information content (AvgIpc) is 2.97. The molecule has 4 rings (SSSR count). The summed E-state index contributed by atoms with van der Waals surface area (Å²) in [7, 11) is 0. The van der Waals surface area contributed by atoms with Crippen LogP contribution in [0.25, 0.3) is 0 Å². The Bertz CT molecular complexity index is 1220. The Morgan fingerprint density at radius 1 is 0.914 bits per heavy atom. The highest BCUT2D eigenvalue weighted by molar-refractivity contribution is 5.98. The molecule has 8 heteroatoms. The molecule has 1 heterocycles. The van der Waals surface area contributed by atoms with Gasteiger partial charge in [0.1, 0.15) is 12.4 Å². The summed E-state index contributed by atoms with van der Waals surface area (Å²) >= 11 is 0. The molecule has 0 unspecified atom stereocenters. The molecule has 0 saturated heterocycles. The predicted octanol–water partition coefficient (Wildman–Crippen LogP) is 3.98. The number of rotatable bonds is 7. The zero-order valence-corrected chi connectivity index (χ0v) is 19.1. The summed E-state index contributed by atoms with van der Waals surface area (Å²) < 4.78 is 40.7. The molecule has 2 amide bonds. The summed E-state index contributed by atoms with van der Waals surface area (Å²) in [6.07, 6.45) is 0.355. The van der Waals surface area contributed by atoms with Gasteiger partial charge in [-0.3, -0.25) is 9.59 Å². The lowest BCUT2D eigenvalue weighted by Gasteiger charge is -2.23. The molecule has 5 nitrogen and oxygen atoms in total. The van der Waals surface area contributed by atoms with Crippen LogP contribution in [-0.4, -0.2) is 35.8 Å². The summed E-state index contributed by atoms with van der Waals surface area (Å²) in [5, 5.41) is 0. The van der Waals surface area contributed by atoms with Crippen molar-refractivity contribution in [2.24, 2.45) is 5.73 Å². The molecule has 35 heavy (non-hydrogen) atoms. The van der Waals surface area contributed by atoms with Crippen LogP contribution < -0.4 is 10.6 Å². The number of para-hydroxylation sites is 1. The molecule has 1 aliphatic rings. The van der Waals surface area contributed by atoms with Crippen LogP contribution in [0, 0.1) is 17.5 Å². The summed E-state index contributed by atoms with van der Waals surface area (Å²) in [5.41, 5.74) is 8.65. The van der Waals surface area contributed by atoms with Gasteiger partial charge < -0.3 is 15.5 Å². The second-order valence-electron chi connectivity index (χ2n) is 8.69. The van der Waals surface area contributed by atoms with Crippen molar-refractivity contribution in [2.45, 2.75) is 31.8 Å². The number of halogens is 3. The number of nitrogens with zero attached hydrogens (tertiary/aromatic N) is 2. The molecule has 3 aromatic carbocycles. The lowest BCUT2D eigenvalue weighted by atomic mass is 10.0. The van der Waals surface area contributed by atoms with E-state index >= 15 is 0 Å². The van der Waals surface area contributed by atoms with Crippen molar-refractivity contribution in [3.8, 4) is 0 Å². The third-order valence-corrected chi connectivity index (χ3v) is 6.10. The van der Waals surface area contributed by atoms with Gasteiger partial charge in [-0.2, -0.15) is 0 Å². The highest BCUT2D eigenvalue weighted by atomic mass is 19.2.